The predicted octanol–water partition coefficient (Wildman–Crippen LogP) is -0.359. The molecule has 0 saturated carbocycles. The molecule has 3 N–H and O–H groups in total. The molecule has 3 unspecified atom stereocenters. The van der Waals surface area contributed by atoms with Gasteiger partial charge < -0.3 is 25.2 Å². The average molecular weight is 260 g/mol. The van der Waals surface area contributed by atoms with Gasteiger partial charge in [-0.05, 0) is 13.3 Å². The Morgan fingerprint density at radius 2 is 2.22 bits per heavy atom. The van der Waals surface area contributed by atoms with E-state index in [1.165, 1.54) is 4.90 Å². The zero-order valence-electron chi connectivity index (χ0n) is 10.6. The third-order valence-corrected chi connectivity index (χ3v) is 2.97. The fourth-order valence-corrected chi connectivity index (χ4v) is 1.78. The van der Waals surface area contributed by atoms with Crippen LogP contribution in [0.3, 0.4) is 0 Å². The molecule has 18 heavy (non-hydrogen) atoms. The molecule has 7 nitrogen and oxygen atoms in total. The summed E-state index contributed by atoms with van der Waals surface area (Å²) in [5, 5.41) is 20.4. The van der Waals surface area contributed by atoms with E-state index in [1.54, 1.807) is 6.92 Å². The van der Waals surface area contributed by atoms with Crippen LogP contribution < -0.4 is 5.32 Å². The molecule has 3 atom stereocenters. The lowest BCUT2D eigenvalue weighted by Crippen LogP contribution is -2.57. The molecule has 0 spiro atoms. The first-order valence-corrected chi connectivity index (χ1v) is 6.02. The number of carboxylic acids is 1. The number of carbonyl (C=O) groups is 2. The molecule has 0 aromatic heterocycles. The Bertz CT molecular complexity index is 310. The van der Waals surface area contributed by atoms with Crippen LogP contribution in [-0.4, -0.2) is 65.1 Å². The first-order chi connectivity index (χ1) is 8.49. The molecule has 1 rings (SSSR count). The Kier molecular flexibility index (Phi) is 5.36. The van der Waals surface area contributed by atoms with Gasteiger partial charge in [0.1, 0.15) is 6.04 Å². The number of carboxylic acid groups (broad SMARTS) is 1. The highest BCUT2D eigenvalue weighted by molar-refractivity contribution is 5.82. The summed E-state index contributed by atoms with van der Waals surface area (Å²) in [5.74, 6) is -1.05. The lowest BCUT2D eigenvalue weighted by Gasteiger charge is -2.37. The minimum absolute atomic E-state index is 0.140. The number of aliphatic hydroxyl groups excluding tert-OH is 1. The van der Waals surface area contributed by atoms with Crippen LogP contribution in [0.25, 0.3) is 0 Å². The molecule has 104 valence electrons. The van der Waals surface area contributed by atoms with Crippen molar-refractivity contribution < 1.29 is 24.5 Å². The monoisotopic (exact) mass is 260 g/mol. The largest absolute Gasteiger partial charge is 0.480 e. The Balaban J connectivity index is 2.61. The highest BCUT2D eigenvalue weighted by Crippen LogP contribution is 2.12. The van der Waals surface area contributed by atoms with Gasteiger partial charge in [-0.25, -0.2) is 9.59 Å². The highest BCUT2D eigenvalue weighted by atomic mass is 16.5. The number of hydrogen-bond donors (Lipinski definition) is 3. The van der Waals surface area contributed by atoms with E-state index in [-0.39, 0.29) is 19.2 Å². The first-order valence-electron chi connectivity index (χ1n) is 6.02. The third kappa shape index (κ3) is 3.58. The van der Waals surface area contributed by atoms with E-state index >= 15 is 0 Å². The molecule has 1 fully saturated rings. The Morgan fingerprint density at radius 1 is 1.56 bits per heavy atom. The van der Waals surface area contributed by atoms with Gasteiger partial charge in [-0.15, -0.1) is 0 Å². The summed E-state index contributed by atoms with van der Waals surface area (Å²) in [6, 6.07) is -1.46. The number of ether oxygens (including phenoxy) is 1. The molecular formula is C11H20N2O5. The van der Waals surface area contributed by atoms with Gasteiger partial charge in [-0.3, -0.25) is 0 Å². The number of amides is 2. The van der Waals surface area contributed by atoms with Gasteiger partial charge in [0.15, 0.2) is 0 Å². The molecule has 0 aromatic rings. The fraction of sp³-hybridized carbons (Fsp3) is 0.818. The van der Waals surface area contributed by atoms with Crippen molar-refractivity contribution in [3.8, 4) is 0 Å². The smallest absolute Gasteiger partial charge is 0.326 e. The zero-order valence-corrected chi connectivity index (χ0v) is 10.6. The van der Waals surface area contributed by atoms with Gasteiger partial charge in [0, 0.05) is 0 Å². The van der Waals surface area contributed by atoms with Gasteiger partial charge in [0.05, 0.1) is 31.9 Å². The highest BCUT2D eigenvalue weighted by Gasteiger charge is 2.31. The van der Waals surface area contributed by atoms with Crippen LogP contribution in [-0.2, 0) is 9.53 Å². The van der Waals surface area contributed by atoms with Crippen LogP contribution in [0.5, 0.6) is 0 Å². The van der Waals surface area contributed by atoms with Gasteiger partial charge in [-0.1, -0.05) is 6.92 Å². The number of nitrogens with one attached hydrogen (secondary N) is 1. The molecule has 7 heteroatoms. The van der Waals surface area contributed by atoms with Crippen LogP contribution in [0.15, 0.2) is 0 Å². The second kappa shape index (κ2) is 6.55. The van der Waals surface area contributed by atoms with E-state index < -0.39 is 24.1 Å². The maximum absolute atomic E-state index is 12.0. The quantitative estimate of drug-likeness (QED) is 0.641. The van der Waals surface area contributed by atoms with Crippen LogP contribution in [0.2, 0.25) is 0 Å². The van der Waals surface area contributed by atoms with Crippen molar-refractivity contribution in [2.45, 2.75) is 38.5 Å². The van der Waals surface area contributed by atoms with Crippen LogP contribution in [0, 0.1) is 0 Å². The number of aliphatic hydroxyl groups is 1. The van der Waals surface area contributed by atoms with Crippen molar-refractivity contribution in [2.24, 2.45) is 0 Å². The number of urea groups is 1. The lowest BCUT2D eigenvalue weighted by molar-refractivity contribution is -0.139. The van der Waals surface area contributed by atoms with E-state index in [9.17, 15) is 9.59 Å². The average Bonchev–Trinajstić information content (AvgIpc) is 2.35. The summed E-state index contributed by atoms with van der Waals surface area (Å²) in [6.45, 7) is 3.95. The maximum Gasteiger partial charge on any atom is 0.326 e. The summed E-state index contributed by atoms with van der Waals surface area (Å²) in [7, 11) is 0. The molecule has 1 saturated heterocycles. The maximum atomic E-state index is 12.0. The van der Waals surface area contributed by atoms with E-state index in [1.807, 2.05) is 6.92 Å². The summed E-state index contributed by atoms with van der Waals surface area (Å²) in [6.07, 6.45) is -0.0830. The van der Waals surface area contributed by atoms with Gasteiger partial charge in [0.25, 0.3) is 0 Å². The summed E-state index contributed by atoms with van der Waals surface area (Å²) in [4.78, 5) is 24.3. The molecule has 0 radical (unpaired) electrons. The van der Waals surface area contributed by atoms with Gasteiger partial charge in [0.2, 0.25) is 0 Å². The topological polar surface area (TPSA) is 99.1 Å². The second-order valence-corrected chi connectivity index (χ2v) is 4.39. The second-order valence-electron chi connectivity index (χ2n) is 4.39. The van der Waals surface area contributed by atoms with Gasteiger partial charge >= 0.3 is 12.0 Å². The lowest BCUT2D eigenvalue weighted by atomic mass is 10.2. The molecule has 1 aliphatic rings. The standard InChI is InChI=1S/C11H20N2O5/c1-3-9(10(15)16)12-11(17)13-4-8(5-14)18-6-7(13)2/h7-9,14H,3-6H2,1-2H3,(H,12,17)(H,15,16). The number of aliphatic carboxylic acids is 1. The molecule has 0 aromatic carbocycles. The van der Waals surface area contributed by atoms with Crippen LogP contribution >= 0.6 is 0 Å². The van der Waals surface area contributed by atoms with Crippen molar-refractivity contribution in [2.75, 3.05) is 19.8 Å². The molecule has 0 aliphatic carbocycles. The first kappa shape index (κ1) is 14.7. The normalized spacial score (nSPS) is 25.6. The van der Waals surface area contributed by atoms with Crippen molar-refractivity contribution in [1.29, 1.82) is 0 Å². The Hall–Kier alpha value is -1.34. The molecular weight excluding hydrogens is 240 g/mol. The molecule has 1 aliphatic heterocycles. The number of carbonyl (C=O) groups excluding carboxylic acids is 1. The summed E-state index contributed by atoms with van der Waals surface area (Å²) < 4.78 is 5.31. The van der Waals surface area contributed by atoms with E-state index in [0.717, 1.165) is 0 Å². The summed E-state index contributed by atoms with van der Waals surface area (Å²) in [5.41, 5.74) is 0. The molecule has 2 amide bonds. The SMILES string of the molecule is CCC(NC(=O)N1CC(CO)OCC1C)C(=O)O. The Labute approximate surface area is 106 Å². The van der Waals surface area contributed by atoms with Crippen molar-refractivity contribution >= 4 is 12.0 Å². The van der Waals surface area contributed by atoms with Crippen molar-refractivity contribution in [3.63, 3.8) is 0 Å². The predicted molar refractivity (Wildman–Crippen MR) is 63.2 cm³/mol. The summed E-state index contributed by atoms with van der Waals surface area (Å²) >= 11 is 0. The Morgan fingerprint density at radius 3 is 2.72 bits per heavy atom. The van der Waals surface area contributed by atoms with Crippen molar-refractivity contribution in [3.05, 3.63) is 0 Å². The van der Waals surface area contributed by atoms with Crippen LogP contribution in [0.1, 0.15) is 20.3 Å². The number of hydrogen-bond acceptors (Lipinski definition) is 4. The number of morpholine rings is 1. The number of rotatable bonds is 4. The third-order valence-electron chi connectivity index (χ3n) is 2.97. The van der Waals surface area contributed by atoms with E-state index in [2.05, 4.69) is 5.32 Å². The zero-order chi connectivity index (χ0) is 13.7. The van der Waals surface area contributed by atoms with Crippen LogP contribution in [0.4, 0.5) is 4.79 Å². The minimum Gasteiger partial charge on any atom is -0.480 e. The van der Waals surface area contributed by atoms with Gasteiger partial charge in [-0.2, -0.15) is 0 Å². The number of nitrogens with zero attached hydrogens (tertiary/aromatic N) is 1. The van der Waals surface area contributed by atoms with E-state index in [0.29, 0.717) is 13.0 Å². The van der Waals surface area contributed by atoms with E-state index in [4.69, 9.17) is 14.9 Å². The molecule has 1 heterocycles. The molecule has 0 bridgehead atoms. The van der Waals surface area contributed by atoms with Crippen molar-refractivity contribution in [1.82, 2.24) is 10.2 Å². The fourth-order valence-electron chi connectivity index (χ4n) is 1.78. The minimum atomic E-state index is -1.05.